The van der Waals surface area contributed by atoms with Crippen molar-refractivity contribution in [3.63, 3.8) is 0 Å². The second kappa shape index (κ2) is 8.68. The monoisotopic (exact) mass is 391 g/mol. The quantitative estimate of drug-likeness (QED) is 0.367. The molecule has 4 rings (SSSR count). The van der Waals surface area contributed by atoms with Gasteiger partial charge in [-0.1, -0.05) is 12.1 Å². The summed E-state index contributed by atoms with van der Waals surface area (Å²) in [5.74, 6) is 0. The summed E-state index contributed by atoms with van der Waals surface area (Å²) in [6, 6.07) is 14.9. The molecule has 1 unspecified atom stereocenters. The number of rotatable bonds is 7. The molecule has 3 aromatic rings. The number of nitrogens with two attached hydrogens (primary N) is 1. The number of fused-ring (bicyclic) bond motifs is 1. The highest BCUT2D eigenvalue weighted by molar-refractivity contribution is 5.86. The minimum Gasteiger partial charge on any atom is -0.398 e. The van der Waals surface area contributed by atoms with E-state index in [0.29, 0.717) is 18.3 Å². The molecule has 1 aliphatic heterocycles. The number of benzene rings is 2. The summed E-state index contributed by atoms with van der Waals surface area (Å²) >= 11 is 0. The van der Waals surface area contributed by atoms with E-state index in [4.69, 9.17) is 11.1 Å². The van der Waals surface area contributed by atoms with Gasteiger partial charge in [-0.3, -0.25) is 4.90 Å². The third-order valence-corrected chi connectivity index (χ3v) is 5.70. The molecule has 0 spiro atoms. The highest BCUT2D eigenvalue weighted by Crippen LogP contribution is 2.23. The van der Waals surface area contributed by atoms with Crippen LogP contribution in [0.4, 0.5) is 11.4 Å². The van der Waals surface area contributed by atoms with E-state index in [1.165, 1.54) is 22.7 Å². The first-order valence-corrected chi connectivity index (χ1v) is 10.2. The summed E-state index contributed by atoms with van der Waals surface area (Å²) in [7, 11) is 0. The van der Waals surface area contributed by atoms with Gasteiger partial charge in [0.05, 0.1) is 6.61 Å². The van der Waals surface area contributed by atoms with Gasteiger partial charge in [-0.05, 0) is 60.7 Å². The average Bonchev–Trinajstić information content (AvgIpc) is 3.12. The number of nitrogen functional groups attached to an aromatic ring is 1. The number of likely N-dealkylation sites (tertiary alicyclic amines) is 1. The van der Waals surface area contributed by atoms with Gasteiger partial charge in [0.1, 0.15) is 0 Å². The number of aliphatic hydroxyl groups excluding tert-OH is 1. The van der Waals surface area contributed by atoms with Gasteiger partial charge < -0.3 is 26.1 Å². The fourth-order valence-electron chi connectivity index (χ4n) is 4.23. The zero-order valence-electron chi connectivity index (χ0n) is 16.6. The Morgan fingerprint density at radius 1 is 1.21 bits per heavy atom. The smallest absolute Gasteiger partial charge is 0.0610 e. The van der Waals surface area contributed by atoms with Crippen LogP contribution in [0, 0.1) is 5.41 Å². The molecule has 0 bridgehead atoms. The number of aliphatic hydroxyl groups is 1. The summed E-state index contributed by atoms with van der Waals surface area (Å²) in [4.78, 5) is 2.50. The van der Waals surface area contributed by atoms with E-state index < -0.39 is 0 Å². The van der Waals surface area contributed by atoms with Crippen LogP contribution >= 0.6 is 0 Å². The molecule has 2 aromatic carbocycles. The fourth-order valence-corrected chi connectivity index (χ4v) is 4.23. The summed E-state index contributed by atoms with van der Waals surface area (Å²) < 4.78 is 2.11. The molecule has 6 heteroatoms. The Balaban J connectivity index is 1.43. The van der Waals surface area contributed by atoms with Crippen LogP contribution in [0.25, 0.3) is 10.9 Å². The predicted octanol–water partition coefficient (Wildman–Crippen LogP) is 3.29. The van der Waals surface area contributed by atoms with E-state index in [0.717, 1.165) is 43.7 Å². The maximum atomic E-state index is 9.27. The Labute approximate surface area is 171 Å². The van der Waals surface area contributed by atoms with Crippen LogP contribution in [0.15, 0.2) is 48.7 Å². The van der Waals surface area contributed by atoms with Crippen molar-refractivity contribution in [2.45, 2.75) is 32.0 Å². The van der Waals surface area contributed by atoms with Crippen molar-refractivity contribution in [3.8, 4) is 0 Å². The van der Waals surface area contributed by atoms with E-state index in [1.807, 2.05) is 24.4 Å². The Morgan fingerprint density at radius 2 is 2.10 bits per heavy atom. The topological polar surface area (TPSA) is 90.3 Å². The standard InChI is InChI=1S/C23H29N5O/c24-14-19-13-20(5-6-22(19)25)26-21-2-1-8-27(16-21)15-17-3-4-18-7-9-28(10-11-29)23(18)12-17/h3-7,9,12-14,21,24,26,29H,1-2,8,10-11,15-16,25H2. The van der Waals surface area contributed by atoms with E-state index in [9.17, 15) is 5.11 Å². The van der Waals surface area contributed by atoms with Crippen LogP contribution in [-0.4, -0.2) is 46.5 Å². The number of aromatic nitrogens is 1. The zero-order chi connectivity index (χ0) is 20.2. The lowest BCUT2D eigenvalue weighted by Crippen LogP contribution is -2.41. The Hall–Kier alpha value is -2.83. The van der Waals surface area contributed by atoms with Gasteiger partial charge in [-0.15, -0.1) is 0 Å². The van der Waals surface area contributed by atoms with Crippen molar-refractivity contribution >= 4 is 28.5 Å². The molecule has 5 N–H and O–H groups in total. The van der Waals surface area contributed by atoms with Crippen LogP contribution in [-0.2, 0) is 13.1 Å². The lowest BCUT2D eigenvalue weighted by Gasteiger charge is -2.33. The SMILES string of the molecule is N=Cc1cc(NC2CCCN(Cc3ccc4ccn(CCO)c4c3)C2)ccc1N. The second-order valence-corrected chi connectivity index (χ2v) is 7.83. The molecule has 1 saturated heterocycles. The zero-order valence-corrected chi connectivity index (χ0v) is 16.6. The maximum Gasteiger partial charge on any atom is 0.0610 e. The number of hydrogen-bond acceptors (Lipinski definition) is 5. The van der Waals surface area contributed by atoms with Gasteiger partial charge in [0, 0.05) is 60.5 Å². The van der Waals surface area contributed by atoms with Crippen molar-refractivity contribution in [1.29, 1.82) is 5.41 Å². The highest BCUT2D eigenvalue weighted by Gasteiger charge is 2.20. The van der Waals surface area contributed by atoms with E-state index >= 15 is 0 Å². The molecule has 6 nitrogen and oxygen atoms in total. The number of anilines is 2. The molecule has 1 atom stereocenters. The first-order chi connectivity index (χ1) is 14.2. The van der Waals surface area contributed by atoms with Crippen LogP contribution in [0.5, 0.6) is 0 Å². The number of nitrogens with zero attached hydrogens (tertiary/aromatic N) is 2. The van der Waals surface area contributed by atoms with Crippen molar-refractivity contribution in [2.24, 2.45) is 0 Å². The molecule has 1 aliphatic rings. The lowest BCUT2D eigenvalue weighted by molar-refractivity contribution is 0.208. The third-order valence-electron chi connectivity index (χ3n) is 5.70. The van der Waals surface area contributed by atoms with Gasteiger partial charge in [0.2, 0.25) is 0 Å². The molecule has 0 radical (unpaired) electrons. The van der Waals surface area contributed by atoms with Crippen LogP contribution in [0.3, 0.4) is 0 Å². The Bertz CT molecular complexity index is 996. The summed E-state index contributed by atoms with van der Waals surface area (Å²) in [6.45, 7) is 3.79. The molecule has 29 heavy (non-hydrogen) atoms. The molecule has 152 valence electrons. The third kappa shape index (κ3) is 4.44. The maximum absolute atomic E-state index is 9.27. The van der Waals surface area contributed by atoms with E-state index in [1.54, 1.807) is 0 Å². The summed E-state index contributed by atoms with van der Waals surface area (Å²) in [5.41, 5.74) is 10.8. The second-order valence-electron chi connectivity index (χ2n) is 7.83. The van der Waals surface area contributed by atoms with Gasteiger partial charge >= 0.3 is 0 Å². The number of nitrogens with one attached hydrogen (secondary N) is 2. The predicted molar refractivity (Wildman–Crippen MR) is 120 cm³/mol. The minimum atomic E-state index is 0.151. The lowest BCUT2D eigenvalue weighted by atomic mass is 10.0. The summed E-state index contributed by atoms with van der Waals surface area (Å²) in [6.07, 6.45) is 5.64. The molecule has 0 amide bonds. The van der Waals surface area contributed by atoms with Crippen molar-refractivity contribution < 1.29 is 5.11 Å². The summed E-state index contributed by atoms with van der Waals surface area (Å²) in [5, 5.41) is 21.6. The molecule has 0 aliphatic carbocycles. The molecular weight excluding hydrogens is 362 g/mol. The largest absolute Gasteiger partial charge is 0.398 e. The molecule has 2 heterocycles. The van der Waals surface area contributed by atoms with Crippen molar-refractivity contribution in [1.82, 2.24) is 9.47 Å². The minimum absolute atomic E-state index is 0.151. The van der Waals surface area contributed by atoms with E-state index in [2.05, 4.69) is 39.0 Å². The van der Waals surface area contributed by atoms with Crippen LogP contribution < -0.4 is 11.1 Å². The molecular formula is C23H29N5O. The normalized spacial score (nSPS) is 17.5. The molecule has 1 fully saturated rings. The molecule has 1 aromatic heterocycles. The Kier molecular flexibility index (Phi) is 5.83. The average molecular weight is 392 g/mol. The van der Waals surface area contributed by atoms with Gasteiger partial charge in [-0.25, -0.2) is 0 Å². The Morgan fingerprint density at radius 3 is 2.93 bits per heavy atom. The highest BCUT2D eigenvalue weighted by atomic mass is 16.3. The molecule has 0 saturated carbocycles. The van der Waals surface area contributed by atoms with Crippen LogP contribution in [0.1, 0.15) is 24.0 Å². The first kappa shape index (κ1) is 19.5. The van der Waals surface area contributed by atoms with Gasteiger partial charge in [-0.2, -0.15) is 0 Å². The fraction of sp³-hybridized carbons (Fsp3) is 0.348. The van der Waals surface area contributed by atoms with Crippen molar-refractivity contribution in [2.75, 3.05) is 30.7 Å². The van der Waals surface area contributed by atoms with Gasteiger partial charge in [0.15, 0.2) is 0 Å². The van der Waals surface area contributed by atoms with E-state index in [-0.39, 0.29) is 6.61 Å². The van der Waals surface area contributed by atoms with Crippen LogP contribution in [0.2, 0.25) is 0 Å². The first-order valence-electron chi connectivity index (χ1n) is 10.2. The number of hydrogen-bond donors (Lipinski definition) is 4. The van der Waals surface area contributed by atoms with Crippen molar-refractivity contribution in [3.05, 3.63) is 59.8 Å². The van der Waals surface area contributed by atoms with Gasteiger partial charge in [0.25, 0.3) is 0 Å². The number of piperidine rings is 1.